The largest absolute Gasteiger partial charge is 0.465 e. The molecular formula is C10H21NO3. The van der Waals surface area contributed by atoms with E-state index < -0.39 is 11.6 Å². The number of aliphatic hydroxyl groups excluding tert-OH is 1. The first-order valence-electron chi connectivity index (χ1n) is 4.97. The average molecular weight is 203 g/mol. The number of hydrogen-bond donors (Lipinski definition) is 2. The van der Waals surface area contributed by atoms with Crippen LogP contribution in [0.1, 0.15) is 40.5 Å². The Morgan fingerprint density at radius 1 is 1.43 bits per heavy atom. The Morgan fingerprint density at radius 2 is 1.93 bits per heavy atom. The lowest BCUT2D eigenvalue weighted by Gasteiger charge is -2.38. The molecule has 0 aromatic carbocycles. The molecule has 0 heterocycles. The molecule has 1 atom stereocenters. The van der Waals surface area contributed by atoms with Crippen molar-refractivity contribution in [1.82, 2.24) is 4.90 Å². The van der Waals surface area contributed by atoms with Crippen LogP contribution in [0.2, 0.25) is 0 Å². The van der Waals surface area contributed by atoms with Gasteiger partial charge >= 0.3 is 6.09 Å². The fourth-order valence-corrected chi connectivity index (χ4v) is 1.63. The van der Waals surface area contributed by atoms with Crippen molar-refractivity contribution >= 4 is 6.09 Å². The zero-order chi connectivity index (χ0) is 11.4. The number of hydrogen-bond acceptors (Lipinski definition) is 2. The van der Waals surface area contributed by atoms with Gasteiger partial charge in [-0.15, -0.1) is 0 Å². The first-order valence-corrected chi connectivity index (χ1v) is 4.97. The molecule has 0 aliphatic heterocycles. The Balaban J connectivity index is 4.70. The standard InChI is InChI=1S/C10H21NO3/c1-5-6-8(7-12)11(9(13)14)10(2,3)4/h8,12H,5-7H2,1-4H3,(H,13,14)/t8-/m1/s1. The zero-order valence-corrected chi connectivity index (χ0v) is 9.45. The van der Waals surface area contributed by atoms with Crippen molar-refractivity contribution < 1.29 is 15.0 Å². The second kappa shape index (κ2) is 5.20. The molecular weight excluding hydrogens is 182 g/mol. The summed E-state index contributed by atoms with van der Waals surface area (Å²) in [7, 11) is 0. The van der Waals surface area contributed by atoms with E-state index in [9.17, 15) is 4.79 Å². The van der Waals surface area contributed by atoms with Crippen molar-refractivity contribution in [3.63, 3.8) is 0 Å². The lowest BCUT2D eigenvalue weighted by atomic mass is 10.0. The Kier molecular flexibility index (Phi) is 4.91. The summed E-state index contributed by atoms with van der Waals surface area (Å²) in [6, 6.07) is -0.294. The maximum Gasteiger partial charge on any atom is 0.408 e. The topological polar surface area (TPSA) is 60.8 Å². The quantitative estimate of drug-likeness (QED) is 0.734. The van der Waals surface area contributed by atoms with Crippen molar-refractivity contribution in [2.45, 2.75) is 52.1 Å². The van der Waals surface area contributed by atoms with Crippen molar-refractivity contribution in [3.8, 4) is 0 Å². The van der Waals surface area contributed by atoms with E-state index in [1.807, 2.05) is 27.7 Å². The Hall–Kier alpha value is -0.770. The van der Waals surface area contributed by atoms with Crippen LogP contribution in [0.15, 0.2) is 0 Å². The first kappa shape index (κ1) is 13.2. The van der Waals surface area contributed by atoms with Crippen LogP contribution in [-0.4, -0.2) is 39.4 Å². The predicted octanol–water partition coefficient (Wildman–Crippen LogP) is 1.93. The minimum absolute atomic E-state index is 0.114. The highest BCUT2D eigenvalue weighted by atomic mass is 16.4. The molecule has 14 heavy (non-hydrogen) atoms. The molecule has 0 aromatic rings. The summed E-state index contributed by atoms with van der Waals surface area (Å²) >= 11 is 0. The van der Waals surface area contributed by atoms with E-state index in [2.05, 4.69) is 0 Å². The summed E-state index contributed by atoms with van der Waals surface area (Å²) in [5.41, 5.74) is -0.464. The fourth-order valence-electron chi connectivity index (χ4n) is 1.63. The van der Waals surface area contributed by atoms with Gasteiger partial charge in [0, 0.05) is 5.54 Å². The van der Waals surface area contributed by atoms with Crippen molar-refractivity contribution in [1.29, 1.82) is 0 Å². The lowest BCUT2D eigenvalue weighted by molar-refractivity contribution is 0.0429. The van der Waals surface area contributed by atoms with Gasteiger partial charge in [0.25, 0.3) is 0 Å². The summed E-state index contributed by atoms with van der Waals surface area (Å²) in [6.07, 6.45) is 0.593. The molecule has 0 aliphatic carbocycles. The SMILES string of the molecule is CCC[C@H](CO)N(C(=O)O)C(C)(C)C. The molecule has 0 aromatic heterocycles. The van der Waals surface area contributed by atoms with Gasteiger partial charge in [-0.3, -0.25) is 4.90 Å². The number of amides is 1. The number of carbonyl (C=O) groups is 1. The molecule has 1 amide bonds. The monoisotopic (exact) mass is 203 g/mol. The second-order valence-electron chi connectivity index (χ2n) is 4.45. The molecule has 0 unspecified atom stereocenters. The van der Waals surface area contributed by atoms with Crippen LogP contribution < -0.4 is 0 Å². The van der Waals surface area contributed by atoms with Gasteiger partial charge < -0.3 is 10.2 Å². The minimum atomic E-state index is -0.968. The maximum absolute atomic E-state index is 11.0. The molecule has 0 fully saturated rings. The number of rotatable bonds is 4. The van der Waals surface area contributed by atoms with Gasteiger partial charge in [-0.05, 0) is 27.2 Å². The molecule has 0 saturated heterocycles. The molecule has 4 heteroatoms. The molecule has 4 nitrogen and oxygen atoms in total. The minimum Gasteiger partial charge on any atom is -0.465 e. The normalized spacial score (nSPS) is 13.8. The van der Waals surface area contributed by atoms with E-state index in [1.54, 1.807) is 0 Å². The molecule has 2 N–H and O–H groups in total. The van der Waals surface area contributed by atoms with E-state index in [4.69, 9.17) is 10.2 Å². The highest BCUT2D eigenvalue weighted by Gasteiger charge is 2.32. The second-order valence-corrected chi connectivity index (χ2v) is 4.45. The van der Waals surface area contributed by atoms with Crippen LogP contribution in [0.3, 0.4) is 0 Å². The molecule has 84 valence electrons. The van der Waals surface area contributed by atoms with Crippen LogP contribution in [0.5, 0.6) is 0 Å². The Bertz CT molecular complexity index is 186. The average Bonchev–Trinajstić information content (AvgIpc) is 2.00. The summed E-state index contributed by atoms with van der Waals surface area (Å²) < 4.78 is 0. The van der Waals surface area contributed by atoms with Crippen LogP contribution in [0.25, 0.3) is 0 Å². The van der Waals surface area contributed by atoms with Crippen LogP contribution in [0.4, 0.5) is 4.79 Å². The summed E-state index contributed by atoms with van der Waals surface area (Å²) in [4.78, 5) is 12.4. The summed E-state index contributed by atoms with van der Waals surface area (Å²) in [6.45, 7) is 7.36. The fraction of sp³-hybridized carbons (Fsp3) is 0.900. The number of nitrogens with zero attached hydrogens (tertiary/aromatic N) is 1. The highest BCUT2D eigenvalue weighted by Crippen LogP contribution is 2.19. The summed E-state index contributed by atoms with van der Waals surface area (Å²) in [5, 5.41) is 18.2. The number of aliphatic hydroxyl groups is 1. The van der Waals surface area contributed by atoms with Gasteiger partial charge in [0.2, 0.25) is 0 Å². The van der Waals surface area contributed by atoms with Gasteiger partial charge in [-0.1, -0.05) is 13.3 Å². The third-order valence-electron chi connectivity index (χ3n) is 2.13. The van der Waals surface area contributed by atoms with E-state index >= 15 is 0 Å². The molecule has 0 saturated carbocycles. The van der Waals surface area contributed by atoms with E-state index in [1.165, 1.54) is 4.90 Å². The van der Waals surface area contributed by atoms with Crippen LogP contribution in [0, 0.1) is 0 Å². The smallest absolute Gasteiger partial charge is 0.408 e. The van der Waals surface area contributed by atoms with Gasteiger partial charge in [0.05, 0.1) is 12.6 Å². The maximum atomic E-state index is 11.0. The molecule has 0 rings (SSSR count). The first-order chi connectivity index (χ1) is 6.34. The molecule has 0 bridgehead atoms. The zero-order valence-electron chi connectivity index (χ0n) is 9.45. The van der Waals surface area contributed by atoms with Gasteiger partial charge in [-0.25, -0.2) is 4.79 Å². The third-order valence-corrected chi connectivity index (χ3v) is 2.13. The van der Waals surface area contributed by atoms with Gasteiger partial charge in [0.1, 0.15) is 0 Å². The van der Waals surface area contributed by atoms with Crippen molar-refractivity contribution in [2.24, 2.45) is 0 Å². The summed E-state index contributed by atoms with van der Waals surface area (Å²) in [5.74, 6) is 0. The van der Waals surface area contributed by atoms with Gasteiger partial charge in [-0.2, -0.15) is 0 Å². The van der Waals surface area contributed by atoms with Crippen LogP contribution in [-0.2, 0) is 0 Å². The lowest BCUT2D eigenvalue weighted by Crippen LogP contribution is -2.52. The number of carboxylic acid groups (broad SMARTS) is 1. The van der Waals surface area contributed by atoms with Crippen LogP contribution >= 0.6 is 0 Å². The van der Waals surface area contributed by atoms with Crippen molar-refractivity contribution in [3.05, 3.63) is 0 Å². The Morgan fingerprint density at radius 3 is 2.14 bits per heavy atom. The van der Waals surface area contributed by atoms with E-state index in [0.29, 0.717) is 6.42 Å². The van der Waals surface area contributed by atoms with E-state index in [-0.39, 0.29) is 12.6 Å². The molecule has 0 spiro atoms. The molecule has 0 radical (unpaired) electrons. The predicted molar refractivity (Wildman–Crippen MR) is 55.4 cm³/mol. The molecule has 0 aliphatic rings. The highest BCUT2D eigenvalue weighted by molar-refractivity contribution is 5.66. The third kappa shape index (κ3) is 3.54. The van der Waals surface area contributed by atoms with Crippen molar-refractivity contribution in [2.75, 3.05) is 6.61 Å². The Labute approximate surface area is 85.5 Å². The van der Waals surface area contributed by atoms with E-state index in [0.717, 1.165) is 6.42 Å². The van der Waals surface area contributed by atoms with Gasteiger partial charge in [0.15, 0.2) is 0 Å².